The molecule has 1 saturated heterocycles. The Balaban J connectivity index is 2.33. The number of nitrogens with zero attached hydrogens (tertiary/aromatic N) is 2. The summed E-state index contributed by atoms with van der Waals surface area (Å²) in [6.07, 6.45) is 3.40. The van der Waals surface area contributed by atoms with Crippen molar-refractivity contribution in [2.24, 2.45) is 5.92 Å². The summed E-state index contributed by atoms with van der Waals surface area (Å²) >= 11 is 0. The van der Waals surface area contributed by atoms with Crippen LogP contribution in [0.2, 0.25) is 0 Å². The zero-order chi connectivity index (χ0) is 14.3. The Hall–Kier alpha value is -0.170. The third kappa shape index (κ3) is 5.38. The van der Waals surface area contributed by atoms with Crippen LogP contribution >= 0.6 is 0 Å². The summed E-state index contributed by atoms with van der Waals surface area (Å²) in [5.41, 5.74) is 0. The molecule has 0 aromatic heterocycles. The third-order valence-electron chi connectivity index (χ3n) is 3.93. The minimum absolute atomic E-state index is 0.527. The highest BCUT2D eigenvalue weighted by atomic mass is 32.2. The molecule has 0 aliphatic carbocycles. The summed E-state index contributed by atoms with van der Waals surface area (Å²) in [4.78, 5) is 2.45. The van der Waals surface area contributed by atoms with Crippen LogP contribution in [-0.2, 0) is 10.2 Å². The molecule has 5 nitrogen and oxygen atoms in total. The molecule has 0 unspecified atom stereocenters. The quantitative estimate of drug-likeness (QED) is 0.733. The number of piperidine rings is 1. The van der Waals surface area contributed by atoms with Crippen LogP contribution in [0.25, 0.3) is 0 Å². The van der Waals surface area contributed by atoms with Crippen molar-refractivity contribution in [1.82, 2.24) is 13.9 Å². The molecule has 0 bridgehead atoms. The molecule has 6 heteroatoms. The van der Waals surface area contributed by atoms with Gasteiger partial charge in [-0.25, -0.2) is 4.72 Å². The highest BCUT2D eigenvalue weighted by Gasteiger charge is 2.21. The highest BCUT2D eigenvalue weighted by Crippen LogP contribution is 2.18. The molecule has 0 saturated carbocycles. The van der Waals surface area contributed by atoms with E-state index in [1.165, 1.54) is 23.7 Å². The average Bonchev–Trinajstić information content (AvgIpc) is 2.40. The van der Waals surface area contributed by atoms with Gasteiger partial charge in [0.25, 0.3) is 10.2 Å². The summed E-state index contributed by atoms with van der Waals surface area (Å²) in [6.45, 7) is 10.9. The summed E-state index contributed by atoms with van der Waals surface area (Å²) in [6, 6.07) is 0. The Bertz CT molecular complexity index is 342. The van der Waals surface area contributed by atoms with Crippen LogP contribution in [0.5, 0.6) is 0 Å². The van der Waals surface area contributed by atoms with Gasteiger partial charge >= 0.3 is 0 Å². The maximum Gasteiger partial charge on any atom is 0.279 e. The van der Waals surface area contributed by atoms with Gasteiger partial charge in [-0.3, -0.25) is 0 Å². The van der Waals surface area contributed by atoms with E-state index >= 15 is 0 Å². The minimum atomic E-state index is -3.27. The summed E-state index contributed by atoms with van der Waals surface area (Å²) in [7, 11) is -3.27. The van der Waals surface area contributed by atoms with Gasteiger partial charge in [-0.15, -0.1) is 0 Å². The molecule has 1 atom stereocenters. The molecule has 1 fully saturated rings. The average molecular weight is 291 g/mol. The van der Waals surface area contributed by atoms with E-state index in [-0.39, 0.29) is 0 Å². The molecule has 114 valence electrons. The molecule has 0 spiro atoms. The van der Waals surface area contributed by atoms with E-state index in [2.05, 4.69) is 16.5 Å². The molecule has 1 rings (SSSR count). The van der Waals surface area contributed by atoms with Gasteiger partial charge in [0.1, 0.15) is 0 Å². The van der Waals surface area contributed by atoms with Crippen molar-refractivity contribution in [2.45, 2.75) is 40.0 Å². The van der Waals surface area contributed by atoms with E-state index in [9.17, 15) is 8.42 Å². The number of nitrogens with one attached hydrogen (secondary N) is 1. The van der Waals surface area contributed by atoms with Gasteiger partial charge in [-0.05, 0) is 38.3 Å². The minimum Gasteiger partial charge on any atom is -0.303 e. The number of hydrogen-bond donors (Lipinski definition) is 1. The Morgan fingerprint density at radius 1 is 1.26 bits per heavy atom. The second kappa shape index (κ2) is 8.19. The standard InChI is InChI=1S/C13H29N3O2S/c1-4-15-11-7-8-13(12-15)9-10-14-19(17,18)16(5-2)6-3/h13-14H,4-12H2,1-3H3/t13-/m1/s1. The van der Waals surface area contributed by atoms with Crippen LogP contribution < -0.4 is 4.72 Å². The molecule has 0 aromatic carbocycles. The van der Waals surface area contributed by atoms with Crippen molar-refractivity contribution in [3.8, 4) is 0 Å². The van der Waals surface area contributed by atoms with E-state index in [1.807, 2.05) is 13.8 Å². The lowest BCUT2D eigenvalue weighted by Crippen LogP contribution is -2.42. The molecule has 0 aromatic rings. The van der Waals surface area contributed by atoms with Gasteiger partial charge < -0.3 is 4.90 Å². The zero-order valence-electron chi connectivity index (χ0n) is 12.6. The molecule has 0 radical (unpaired) electrons. The van der Waals surface area contributed by atoms with E-state index in [0.29, 0.717) is 25.6 Å². The maximum atomic E-state index is 12.0. The normalized spacial score (nSPS) is 22.0. The summed E-state index contributed by atoms with van der Waals surface area (Å²) in [5, 5.41) is 0. The lowest BCUT2D eigenvalue weighted by Gasteiger charge is -2.32. The van der Waals surface area contributed by atoms with Crippen LogP contribution in [0.3, 0.4) is 0 Å². The van der Waals surface area contributed by atoms with Gasteiger partial charge in [0.05, 0.1) is 0 Å². The molecule has 1 heterocycles. The van der Waals surface area contributed by atoms with Crippen molar-refractivity contribution in [2.75, 3.05) is 39.3 Å². The number of hydrogen-bond acceptors (Lipinski definition) is 3. The van der Waals surface area contributed by atoms with Crippen molar-refractivity contribution < 1.29 is 8.42 Å². The van der Waals surface area contributed by atoms with Crippen molar-refractivity contribution in [3.05, 3.63) is 0 Å². The maximum absolute atomic E-state index is 12.0. The monoisotopic (exact) mass is 291 g/mol. The first kappa shape index (κ1) is 16.9. The number of rotatable bonds is 8. The first-order valence-corrected chi connectivity index (χ1v) is 8.94. The molecular formula is C13H29N3O2S. The second-order valence-electron chi connectivity index (χ2n) is 5.17. The van der Waals surface area contributed by atoms with E-state index in [1.54, 1.807) is 0 Å². The first-order chi connectivity index (χ1) is 9.03. The van der Waals surface area contributed by atoms with Crippen LogP contribution in [0.4, 0.5) is 0 Å². The molecule has 1 N–H and O–H groups in total. The largest absolute Gasteiger partial charge is 0.303 e. The summed E-state index contributed by atoms with van der Waals surface area (Å²) < 4.78 is 28.1. The van der Waals surface area contributed by atoms with Gasteiger partial charge in [-0.2, -0.15) is 12.7 Å². The van der Waals surface area contributed by atoms with Crippen LogP contribution in [-0.4, -0.2) is 56.9 Å². The summed E-state index contributed by atoms with van der Waals surface area (Å²) in [5.74, 6) is 0.633. The predicted molar refractivity (Wildman–Crippen MR) is 79.3 cm³/mol. The highest BCUT2D eigenvalue weighted by molar-refractivity contribution is 7.87. The fourth-order valence-corrected chi connectivity index (χ4v) is 3.96. The first-order valence-electron chi connectivity index (χ1n) is 7.50. The second-order valence-corrected chi connectivity index (χ2v) is 6.93. The predicted octanol–water partition coefficient (Wildman–Crippen LogP) is 1.28. The zero-order valence-corrected chi connectivity index (χ0v) is 13.4. The van der Waals surface area contributed by atoms with Crippen LogP contribution in [0.1, 0.15) is 40.0 Å². The van der Waals surface area contributed by atoms with Crippen molar-refractivity contribution >= 4 is 10.2 Å². The molecule has 1 aliphatic rings. The van der Waals surface area contributed by atoms with E-state index < -0.39 is 10.2 Å². The topological polar surface area (TPSA) is 52.7 Å². The van der Waals surface area contributed by atoms with Crippen molar-refractivity contribution in [3.63, 3.8) is 0 Å². The van der Waals surface area contributed by atoms with Crippen molar-refractivity contribution in [1.29, 1.82) is 0 Å². The Kier molecular flexibility index (Phi) is 7.28. The smallest absolute Gasteiger partial charge is 0.279 e. The van der Waals surface area contributed by atoms with Gasteiger partial charge in [0.2, 0.25) is 0 Å². The molecule has 0 amide bonds. The van der Waals surface area contributed by atoms with Crippen LogP contribution in [0.15, 0.2) is 0 Å². The Labute approximate surface area is 118 Å². The molecule has 19 heavy (non-hydrogen) atoms. The number of likely N-dealkylation sites (tertiary alicyclic amines) is 1. The van der Waals surface area contributed by atoms with Gasteiger partial charge in [-0.1, -0.05) is 20.8 Å². The van der Waals surface area contributed by atoms with Gasteiger partial charge in [0.15, 0.2) is 0 Å². The SMILES string of the molecule is CCN1CCC[C@H](CCNS(=O)(=O)N(CC)CC)C1. The molecule has 1 aliphatic heterocycles. The fourth-order valence-electron chi connectivity index (χ4n) is 2.72. The Morgan fingerprint density at radius 3 is 2.53 bits per heavy atom. The Morgan fingerprint density at radius 2 is 1.95 bits per heavy atom. The van der Waals surface area contributed by atoms with Gasteiger partial charge in [0, 0.05) is 26.2 Å². The van der Waals surface area contributed by atoms with E-state index in [0.717, 1.165) is 19.5 Å². The third-order valence-corrected chi connectivity index (χ3v) is 5.70. The lowest BCUT2D eigenvalue weighted by molar-refractivity contribution is 0.177. The lowest BCUT2D eigenvalue weighted by atomic mass is 9.95. The molecular weight excluding hydrogens is 262 g/mol. The van der Waals surface area contributed by atoms with Crippen LogP contribution in [0, 0.1) is 5.92 Å². The fraction of sp³-hybridized carbons (Fsp3) is 1.00. The van der Waals surface area contributed by atoms with E-state index in [4.69, 9.17) is 0 Å².